The van der Waals surface area contributed by atoms with Crippen molar-refractivity contribution in [3.05, 3.63) is 35.4 Å². The molecular weight excluding hydrogens is 356 g/mol. The van der Waals surface area contributed by atoms with Gasteiger partial charge in [0, 0.05) is 38.1 Å². The molecule has 152 valence electrons. The van der Waals surface area contributed by atoms with Crippen LogP contribution in [0.1, 0.15) is 48.6 Å². The molecule has 0 spiro atoms. The number of carbonyl (C=O) groups is 2. The van der Waals surface area contributed by atoms with E-state index in [4.69, 9.17) is 0 Å². The number of amides is 2. The van der Waals surface area contributed by atoms with Gasteiger partial charge in [0.1, 0.15) is 5.69 Å². The lowest BCUT2D eigenvalue weighted by atomic mass is 9.81. The van der Waals surface area contributed by atoms with Gasteiger partial charge in [0.25, 0.3) is 5.91 Å². The van der Waals surface area contributed by atoms with Crippen LogP contribution in [0.4, 0.5) is 0 Å². The van der Waals surface area contributed by atoms with Crippen molar-refractivity contribution in [3.8, 4) is 0 Å². The molecule has 1 atom stereocenters. The van der Waals surface area contributed by atoms with Crippen molar-refractivity contribution in [2.75, 3.05) is 19.6 Å². The van der Waals surface area contributed by atoms with Crippen LogP contribution < -0.4 is 5.32 Å². The number of hydrogen-bond donors (Lipinski definition) is 1. The number of rotatable bonds is 6. The molecule has 0 aromatic carbocycles. The van der Waals surface area contributed by atoms with Gasteiger partial charge in [-0.05, 0) is 52.7 Å². The fourth-order valence-electron chi connectivity index (χ4n) is 3.80. The van der Waals surface area contributed by atoms with Crippen molar-refractivity contribution >= 4 is 11.8 Å². The number of hydrogen-bond acceptors (Lipinski definition) is 4. The highest BCUT2D eigenvalue weighted by Gasteiger charge is 2.39. The average molecular weight is 387 g/mol. The van der Waals surface area contributed by atoms with Gasteiger partial charge in [-0.3, -0.25) is 19.0 Å². The monoisotopic (exact) mass is 386 g/mol. The Morgan fingerprint density at radius 2 is 2.07 bits per heavy atom. The van der Waals surface area contributed by atoms with Gasteiger partial charge >= 0.3 is 0 Å². The Kier molecular flexibility index (Phi) is 5.86. The minimum Gasteiger partial charge on any atom is -0.354 e. The third-order valence-corrected chi connectivity index (χ3v) is 5.43. The zero-order valence-electron chi connectivity index (χ0n) is 17.2. The molecule has 0 unspecified atom stereocenters. The Labute approximate surface area is 165 Å². The van der Waals surface area contributed by atoms with Crippen molar-refractivity contribution in [3.63, 3.8) is 0 Å². The highest BCUT2D eigenvalue weighted by molar-refractivity contribution is 5.93. The van der Waals surface area contributed by atoms with Crippen LogP contribution in [-0.2, 0) is 17.9 Å². The molecule has 0 saturated carbocycles. The molecule has 1 saturated heterocycles. The zero-order chi connectivity index (χ0) is 20.3. The normalized spacial score (nSPS) is 19.6. The van der Waals surface area contributed by atoms with E-state index in [1.165, 1.54) is 0 Å². The van der Waals surface area contributed by atoms with Crippen LogP contribution in [0.3, 0.4) is 0 Å². The van der Waals surface area contributed by atoms with Crippen LogP contribution in [0.5, 0.6) is 0 Å². The summed E-state index contributed by atoms with van der Waals surface area (Å²) in [7, 11) is 0. The molecule has 1 aliphatic rings. The molecule has 2 amide bonds. The zero-order valence-corrected chi connectivity index (χ0v) is 17.2. The molecule has 3 heterocycles. The van der Waals surface area contributed by atoms with Crippen molar-refractivity contribution in [2.45, 2.75) is 53.6 Å². The largest absolute Gasteiger partial charge is 0.354 e. The summed E-state index contributed by atoms with van der Waals surface area (Å²) >= 11 is 0. The molecule has 0 radical (unpaired) electrons. The lowest BCUT2D eigenvalue weighted by Gasteiger charge is -2.39. The Morgan fingerprint density at radius 3 is 2.71 bits per heavy atom. The maximum absolute atomic E-state index is 12.9. The Hall–Kier alpha value is -2.64. The second-order valence-corrected chi connectivity index (χ2v) is 7.85. The van der Waals surface area contributed by atoms with E-state index in [2.05, 4.69) is 15.5 Å². The van der Waals surface area contributed by atoms with Gasteiger partial charge in [-0.15, -0.1) is 0 Å². The second kappa shape index (κ2) is 8.16. The van der Waals surface area contributed by atoms with E-state index in [-0.39, 0.29) is 11.8 Å². The third-order valence-electron chi connectivity index (χ3n) is 5.43. The van der Waals surface area contributed by atoms with Crippen molar-refractivity contribution < 1.29 is 9.59 Å². The lowest BCUT2D eigenvalue weighted by molar-refractivity contribution is -0.132. The predicted molar refractivity (Wildman–Crippen MR) is 106 cm³/mol. The summed E-state index contributed by atoms with van der Waals surface area (Å²) in [5.41, 5.74) is 1.91. The molecular formula is C20H30N6O2. The van der Waals surface area contributed by atoms with Crippen LogP contribution >= 0.6 is 0 Å². The van der Waals surface area contributed by atoms with Crippen LogP contribution in [0.15, 0.2) is 18.3 Å². The van der Waals surface area contributed by atoms with E-state index in [9.17, 15) is 9.59 Å². The van der Waals surface area contributed by atoms with E-state index in [0.717, 1.165) is 30.8 Å². The number of likely N-dealkylation sites (tertiary alicyclic amines) is 1. The standard InChI is InChI=1S/C20H30N6O2/c1-5-25-11-7-17(23-25)18(27)24-10-6-8-20(4,14-24)19(28)21-9-12-26-16(3)13-15(2)22-26/h7,11,13H,5-6,8-10,12,14H2,1-4H3,(H,21,28)/t20-/m0/s1. The minimum atomic E-state index is -0.587. The highest BCUT2D eigenvalue weighted by atomic mass is 16.2. The maximum atomic E-state index is 12.9. The summed E-state index contributed by atoms with van der Waals surface area (Å²) in [5, 5.41) is 11.8. The van der Waals surface area contributed by atoms with E-state index in [0.29, 0.717) is 31.9 Å². The Balaban J connectivity index is 1.58. The molecule has 1 aliphatic heterocycles. The summed E-state index contributed by atoms with van der Waals surface area (Å²) in [6.07, 6.45) is 3.38. The first-order valence-corrected chi connectivity index (χ1v) is 9.94. The molecule has 0 bridgehead atoms. The van der Waals surface area contributed by atoms with Crippen LogP contribution in [0, 0.1) is 19.3 Å². The maximum Gasteiger partial charge on any atom is 0.274 e. The van der Waals surface area contributed by atoms with Crippen molar-refractivity contribution in [1.82, 2.24) is 29.8 Å². The van der Waals surface area contributed by atoms with E-state index < -0.39 is 5.41 Å². The molecule has 28 heavy (non-hydrogen) atoms. The first-order valence-electron chi connectivity index (χ1n) is 9.94. The smallest absolute Gasteiger partial charge is 0.274 e. The number of aromatic nitrogens is 4. The molecule has 3 rings (SSSR count). The number of carbonyl (C=O) groups excluding carboxylic acids is 2. The molecule has 8 heteroatoms. The highest BCUT2D eigenvalue weighted by Crippen LogP contribution is 2.30. The molecule has 2 aromatic rings. The Morgan fingerprint density at radius 1 is 1.29 bits per heavy atom. The van der Waals surface area contributed by atoms with Crippen molar-refractivity contribution in [1.29, 1.82) is 0 Å². The molecule has 2 aromatic heterocycles. The number of aryl methyl sites for hydroxylation is 3. The van der Waals surface area contributed by atoms with E-state index >= 15 is 0 Å². The van der Waals surface area contributed by atoms with Gasteiger partial charge in [0.05, 0.1) is 17.7 Å². The summed E-state index contributed by atoms with van der Waals surface area (Å²) in [6, 6.07) is 3.76. The first-order chi connectivity index (χ1) is 13.3. The SMILES string of the molecule is CCn1ccc(C(=O)N2CCC[C@](C)(C(=O)NCCn3nc(C)cc3C)C2)n1. The third kappa shape index (κ3) is 4.26. The molecule has 0 aliphatic carbocycles. The quantitative estimate of drug-likeness (QED) is 0.820. The first kappa shape index (κ1) is 20.1. The summed E-state index contributed by atoms with van der Waals surface area (Å²) in [6.45, 7) is 10.8. The topological polar surface area (TPSA) is 85.0 Å². The van der Waals surface area contributed by atoms with Crippen LogP contribution in [-0.4, -0.2) is 55.9 Å². The fourth-order valence-corrected chi connectivity index (χ4v) is 3.80. The summed E-state index contributed by atoms with van der Waals surface area (Å²) in [5.74, 6) is -0.112. The predicted octanol–water partition coefficient (Wildman–Crippen LogP) is 1.78. The molecule has 1 fully saturated rings. The van der Waals surface area contributed by atoms with E-state index in [1.807, 2.05) is 44.6 Å². The Bertz CT molecular complexity index is 855. The number of nitrogens with zero attached hydrogens (tertiary/aromatic N) is 5. The van der Waals surface area contributed by atoms with Gasteiger partial charge < -0.3 is 10.2 Å². The van der Waals surface area contributed by atoms with Crippen LogP contribution in [0.25, 0.3) is 0 Å². The van der Waals surface area contributed by atoms with Gasteiger partial charge in [0.15, 0.2) is 0 Å². The van der Waals surface area contributed by atoms with Crippen molar-refractivity contribution in [2.24, 2.45) is 5.41 Å². The van der Waals surface area contributed by atoms with Crippen LogP contribution in [0.2, 0.25) is 0 Å². The van der Waals surface area contributed by atoms with Gasteiger partial charge in [-0.25, -0.2) is 0 Å². The minimum absolute atomic E-state index is 0.00869. The fraction of sp³-hybridized carbons (Fsp3) is 0.600. The van der Waals surface area contributed by atoms with E-state index in [1.54, 1.807) is 15.6 Å². The summed E-state index contributed by atoms with van der Waals surface area (Å²) < 4.78 is 3.64. The number of nitrogens with one attached hydrogen (secondary N) is 1. The van der Waals surface area contributed by atoms with Gasteiger partial charge in [0.2, 0.25) is 5.91 Å². The second-order valence-electron chi connectivity index (χ2n) is 7.85. The summed E-state index contributed by atoms with van der Waals surface area (Å²) in [4.78, 5) is 27.4. The molecule has 8 nitrogen and oxygen atoms in total. The molecule has 1 N–H and O–H groups in total. The van der Waals surface area contributed by atoms with Gasteiger partial charge in [-0.1, -0.05) is 0 Å². The average Bonchev–Trinajstić information content (AvgIpc) is 3.27. The number of piperidine rings is 1. The van der Waals surface area contributed by atoms with Gasteiger partial charge in [-0.2, -0.15) is 10.2 Å². The lowest BCUT2D eigenvalue weighted by Crippen LogP contribution is -2.52.